The first-order valence-electron chi connectivity index (χ1n) is 8.37. The summed E-state index contributed by atoms with van der Waals surface area (Å²) in [5, 5.41) is 15.8. The third-order valence-corrected chi connectivity index (χ3v) is 5.16. The number of nitrogens with zero attached hydrogens (tertiary/aromatic N) is 2. The maximum Gasteiger partial charge on any atom is 0.278 e. The number of nitrogens with one attached hydrogen (secondary N) is 3. The molecule has 0 saturated heterocycles. The van der Waals surface area contributed by atoms with Crippen molar-refractivity contribution >= 4 is 22.4 Å². The van der Waals surface area contributed by atoms with E-state index in [2.05, 4.69) is 57.0 Å². The number of H-pyrrole nitrogens is 1. The summed E-state index contributed by atoms with van der Waals surface area (Å²) < 4.78 is 0. The van der Waals surface area contributed by atoms with Crippen molar-refractivity contribution in [1.29, 1.82) is 0 Å². The lowest BCUT2D eigenvalue weighted by Crippen LogP contribution is -2.25. The van der Waals surface area contributed by atoms with Gasteiger partial charge in [-0.25, -0.2) is 4.98 Å². The minimum absolute atomic E-state index is 0.219. The smallest absolute Gasteiger partial charge is 0.278 e. The van der Waals surface area contributed by atoms with E-state index in [1.54, 1.807) is 0 Å². The highest BCUT2D eigenvalue weighted by Crippen LogP contribution is 2.26. The van der Waals surface area contributed by atoms with Gasteiger partial charge in [-0.3, -0.25) is 15.2 Å². The van der Waals surface area contributed by atoms with Crippen molar-refractivity contribution in [2.45, 2.75) is 26.3 Å². The largest absolute Gasteiger partial charge is 0.312 e. The van der Waals surface area contributed by atoms with Gasteiger partial charge in [-0.1, -0.05) is 31.2 Å². The van der Waals surface area contributed by atoms with E-state index in [-0.39, 0.29) is 5.91 Å². The van der Waals surface area contributed by atoms with Gasteiger partial charge in [0.1, 0.15) is 0 Å². The number of rotatable bonds is 4. The quantitative estimate of drug-likeness (QED) is 0.673. The summed E-state index contributed by atoms with van der Waals surface area (Å²) in [5.74, 6) is -0.219. The van der Waals surface area contributed by atoms with Crippen LogP contribution in [0.25, 0.3) is 11.3 Å². The second-order valence-corrected chi connectivity index (χ2v) is 6.86. The fourth-order valence-electron chi connectivity index (χ4n) is 2.94. The molecule has 1 aliphatic heterocycles. The summed E-state index contributed by atoms with van der Waals surface area (Å²) in [6.45, 7) is 3.71. The first-order valence-corrected chi connectivity index (χ1v) is 9.25. The lowest BCUT2D eigenvalue weighted by atomic mass is 10.1. The van der Waals surface area contributed by atoms with Gasteiger partial charge in [0.25, 0.3) is 5.91 Å². The molecule has 0 fully saturated rings. The number of amides is 1. The summed E-state index contributed by atoms with van der Waals surface area (Å²) in [7, 11) is 0. The van der Waals surface area contributed by atoms with Crippen molar-refractivity contribution in [3.63, 3.8) is 0 Å². The maximum absolute atomic E-state index is 12.5. The van der Waals surface area contributed by atoms with E-state index in [1.807, 2.05) is 5.38 Å². The van der Waals surface area contributed by atoms with Crippen molar-refractivity contribution in [2.24, 2.45) is 0 Å². The van der Waals surface area contributed by atoms with Crippen LogP contribution in [-0.4, -0.2) is 27.6 Å². The number of carbonyl (C=O) groups is 1. The average Bonchev–Trinajstić information content (AvgIpc) is 3.28. The molecule has 1 aliphatic rings. The Labute approximate surface area is 149 Å². The molecular weight excluding hydrogens is 334 g/mol. The lowest BCUT2D eigenvalue weighted by Gasteiger charge is -2.12. The van der Waals surface area contributed by atoms with E-state index < -0.39 is 0 Å². The topological polar surface area (TPSA) is 82.7 Å². The van der Waals surface area contributed by atoms with Gasteiger partial charge in [0.05, 0.1) is 5.69 Å². The number of aromatic amines is 1. The number of aryl methyl sites for hydroxylation is 1. The van der Waals surface area contributed by atoms with Crippen molar-refractivity contribution in [3.8, 4) is 11.3 Å². The third-order valence-electron chi connectivity index (χ3n) is 4.40. The Morgan fingerprint density at radius 2 is 2.16 bits per heavy atom. The number of carbonyl (C=O) groups excluding carboxylic acids is 1. The first-order chi connectivity index (χ1) is 12.2. The lowest BCUT2D eigenvalue weighted by molar-refractivity contribution is 0.102. The standard InChI is InChI=1S/C18H19N5OS/c1-2-11-3-5-12(6-4-11)15-10-25-18(20-15)21-17(24)16-13-9-19-8-7-14(13)22-23-16/h3-6,10,19H,2,7-9H2,1H3,(H,22,23)(H,20,21,24). The Kier molecular flexibility index (Phi) is 4.33. The van der Waals surface area contributed by atoms with Gasteiger partial charge in [-0.15, -0.1) is 11.3 Å². The molecule has 2 aromatic heterocycles. The van der Waals surface area contributed by atoms with Gasteiger partial charge in [0.15, 0.2) is 10.8 Å². The molecule has 0 saturated carbocycles. The normalized spacial score (nSPS) is 13.5. The molecule has 0 spiro atoms. The van der Waals surface area contributed by atoms with Crippen LogP contribution in [0.3, 0.4) is 0 Å². The third kappa shape index (κ3) is 3.20. The number of benzene rings is 1. The summed E-state index contributed by atoms with van der Waals surface area (Å²) in [6.07, 6.45) is 1.88. The first kappa shape index (κ1) is 16.0. The molecule has 3 heterocycles. The molecule has 1 amide bonds. The maximum atomic E-state index is 12.5. The van der Waals surface area contributed by atoms with Crippen molar-refractivity contribution in [3.05, 3.63) is 52.2 Å². The zero-order valence-electron chi connectivity index (χ0n) is 13.9. The van der Waals surface area contributed by atoms with Crippen molar-refractivity contribution in [1.82, 2.24) is 20.5 Å². The molecule has 3 aromatic rings. The number of anilines is 1. The highest BCUT2D eigenvalue weighted by Gasteiger charge is 2.22. The zero-order valence-corrected chi connectivity index (χ0v) is 14.7. The van der Waals surface area contributed by atoms with Gasteiger partial charge < -0.3 is 5.32 Å². The Hall–Kier alpha value is -2.51. The van der Waals surface area contributed by atoms with E-state index in [9.17, 15) is 4.79 Å². The second kappa shape index (κ2) is 6.78. The van der Waals surface area contributed by atoms with E-state index in [0.717, 1.165) is 41.9 Å². The number of aromatic nitrogens is 3. The Morgan fingerprint density at radius 1 is 1.32 bits per heavy atom. The van der Waals surface area contributed by atoms with Crippen LogP contribution in [0, 0.1) is 0 Å². The molecule has 0 bridgehead atoms. The molecule has 128 valence electrons. The number of hydrogen-bond acceptors (Lipinski definition) is 5. The average molecular weight is 353 g/mol. The monoisotopic (exact) mass is 353 g/mol. The van der Waals surface area contributed by atoms with Crippen LogP contribution in [0.1, 0.15) is 34.2 Å². The van der Waals surface area contributed by atoms with Gasteiger partial charge in [-0.2, -0.15) is 5.10 Å². The van der Waals surface area contributed by atoms with Crippen molar-refractivity contribution in [2.75, 3.05) is 11.9 Å². The molecule has 4 rings (SSSR count). The molecule has 0 unspecified atom stereocenters. The summed E-state index contributed by atoms with van der Waals surface area (Å²) in [4.78, 5) is 17.1. The predicted molar refractivity (Wildman–Crippen MR) is 98.9 cm³/mol. The fraction of sp³-hybridized carbons (Fsp3) is 0.278. The minimum Gasteiger partial charge on any atom is -0.312 e. The predicted octanol–water partition coefficient (Wildman–Crippen LogP) is 2.99. The van der Waals surface area contributed by atoms with Crippen LogP contribution < -0.4 is 10.6 Å². The fourth-order valence-corrected chi connectivity index (χ4v) is 3.66. The minimum atomic E-state index is -0.219. The second-order valence-electron chi connectivity index (χ2n) is 6.00. The number of fused-ring (bicyclic) bond motifs is 1. The van der Waals surface area contributed by atoms with Crippen LogP contribution in [0.4, 0.5) is 5.13 Å². The van der Waals surface area contributed by atoms with E-state index in [4.69, 9.17) is 0 Å². The molecule has 6 nitrogen and oxygen atoms in total. The molecule has 7 heteroatoms. The van der Waals surface area contributed by atoms with Crippen molar-refractivity contribution < 1.29 is 4.79 Å². The molecule has 0 radical (unpaired) electrons. The van der Waals surface area contributed by atoms with E-state index >= 15 is 0 Å². The van der Waals surface area contributed by atoms with Gasteiger partial charge in [-0.05, 0) is 12.0 Å². The highest BCUT2D eigenvalue weighted by atomic mass is 32.1. The van der Waals surface area contributed by atoms with Crippen LogP contribution in [-0.2, 0) is 19.4 Å². The number of thiazole rings is 1. The molecule has 1 aromatic carbocycles. The highest BCUT2D eigenvalue weighted by molar-refractivity contribution is 7.14. The Morgan fingerprint density at radius 3 is 2.96 bits per heavy atom. The Balaban J connectivity index is 1.50. The molecular formula is C18H19N5OS. The molecule has 0 aliphatic carbocycles. The zero-order chi connectivity index (χ0) is 17.2. The molecule has 25 heavy (non-hydrogen) atoms. The molecule has 0 atom stereocenters. The van der Waals surface area contributed by atoms with E-state index in [0.29, 0.717) is 17.4 Å². The number of hydrogen-bond donors (Lipinski definition) is 3. The summed E-state index contributed by atoms with van der Waals surface area (Å²) >= 11 is 1.42. The molecule has 3 N–H and O–H groups in total. The van der Waals surface area contributed by atoms with Crippen LogP contribution >= 0.6 is 11.3 Å². The van der Waals surface area contributed by atoms with Crippen LogP contribution in [0.2, 0.25) is 0 Å². The Bertz CT molecular complexity index is 897. The van der Waals surface area contributed by atoms with Gasteiger partial charge >= 0.3 is 0 Å². The van der Waals surface area contributed by atoms with Crippen LogP contribution in [0.15, 0.2) is 29.6 Å². The van der Waals surface area contributed by atoms with E-state index in [1.165, 1.54) is 16.9 Å². The summed E-state index contributed by atoms with van der Waals surface area (Å²) in [6, 6.07) is 8.34. The van der Waals surface area contributed by atoms with Crippen LogP contribution in [0.5, 0.6) is 0 Å². The van der Waals surface area contributed by atoms with Gasteiger partial charge in [0.2, 0.25) is 0 Å². The van der Waals surface area contributed by atoms with Gasteiger partial charge in [0, 0.05) is 41.7 Å². The summed E-state index contributed by atoms with van der Waals surface area (Å²) in [5.41, 5.74) is 5.66. The SMILES string of the molecule is CCc1ccc(-c2csc(NC(=O)c3n[nH]c4c3CNCC4)n2)cc1.